The van der Waals surface area contributed by atoms with Crippen molar-refractivity contribution in [3.8, 4) is 0 Å². The topological polar surface area (TPSA) is 52.7 Å². The molecule has 1 N–H and O–H groups in total. The minimum absolute atomic E-state index is 0.0866. The lowest BCUT2D eigenvalue weighted by Gasteiger charge is -2.33. The molecule has 0 radical (unpaired) electrons. The first-order valence-corrected chi connectivity index (χ1v) is 8.39. The second-order valence-electron chi connectivity index (χ2n) is 6.71. The molecule has 0 unspecified atom stereocenters. The Morgan fingerprint density at radius 3 is 2.30 bits per heavy atom. The third-order valence-corrected chi connectivity index (χ3v) is 5.05. The van der Waals surface area contributed by atoms with Gasteiger partial charge in [0.2, 0.25) is 11.8 Å². The van der Waals surface area contributed by atoms with E-state index in [0.29, 0.717) is 6.54 Å². The van der Waals surface area contributed by atoms with Crippen molar-refractivity contribution in [2.45, 2.75) is 25.2 Å². The first kappa shape index (κ1) is 16.0. The Hall–Kier alpha value is -1.88. The molecule has 1 aliphatic heterocycles. The van der Waals surface area contributed by atoms with E-state index >= 15 is 0 Å². The predicted molar refractivity (Wildman–Crippen MR) is 89.1 cm³/mol. The molecular weight excluding hydrogens is 290 g/mol. The Balaban J connectivity index is 1.43. The Morgan fingerprint density at radius 1 is 1.09 bits per heavy atom. The molecule has 3 rings (SSSR count). The summed E-state index contributed by atoms with van der Waals surface area (Å²) < 4.78 is 0. The number of amides is 2. The zero-order chi connectivity index (χ0) is 16.3. The zero-order valence-electron chi connectivity index (χ0n) is 13.8. The number of benzene rings is 1. The Kier molecular flexibility index (Phi) is 4.66. The number of piperazine rings is 1. The number of nitrogens with one attached hydrogen (secondary N) is 1. The maximum Gasteiger partial charge on any atom is 0.234 e. The van der Waals surface area contributed by atoms with Crippen LogP contribution in [0.3, 0.4) is 0 Å². The van der Waals surface area contributed by atoms with Crippen LogP contribution in [0.15, 0.2) is 30.3 Å². The quantitative estimate of drug-likeness (QED) is 0.882. The molecule has 5 heteroatoms. The van der Waals surface area contributed by atoms with Gasteiger partial charge in [0.05, 0.1) is 6.54 Å². The van der Waals surface area contributed by atoms with Crippen LogP contribution in [-0.4, -0.2) is 60.9 Å². The highest BCUT2D eigenvalue weighted by Crippen LogP contribution is 2.47. The van der Waals surface area contributed by atoms with Crippen LogP contribution in [0.2, 0.25) is 0 Å². The van der Waals surface area contributed by atoms with Gasteiger partial charge in [0.25, 0.3) is 0 Å². The van der Waals surface area contributed by atoms with Gasteiger partial charge < -0.3 is 10.2 Å². The van der Waals surface area contributed by atoms with Gasteiger partial charge in [0.15, 0.2) is 0 Å². The van der Waals surface area contributed by atoms with E-state index in [9.17, 15) is 9.59 Å². The van der Waals surface area contributed by atoms with Crippen molar-refractivity contribution in [2.24, 2.45) is 0 Å². The van der Waals surface area contributed by atoms with Gasteiger partial charge in [-0.05, 0) is 18.4 Å². The SMILES string of the molecule is CC(=O)N1CCN(CC(=O)NCC2(c3ccccc3)CC2)CC1. The van der Waals surface area contributed by atoms with Crippen LogP contribution in [0.5, 0.6) is 0 Å². The maximum atomic E-state index is 12.2. The second-order valence-corrected chi connectivity index (χ2v) is 6.71. The van der Waals surface area contributed by atoms with Crippen molar-refractivity contribution in [1.29, 1.82) is 0 Å². The summed E-state index contributed by atoms with van der Waals surface area (Å²) in [4.78, 5) is 27.5. The van der Waals surface area contributed by atoms with Crippen LogP contribution >= 0.6 is 0 Å². The van der Waals surface area contributed by atoms with Gasteiger partial charge in [-0.25, -0.2) is 0 Å². The first-order valence-electron chi connectivity index (χ1n) is 8.39. The minimum atomic E-state index is 0.0866. The number of hydrogen-bond donors (Lipinski definition) is 1. The largest absolute Gasteiger partial charge is 0.354 e. The molecule has 1 aromatic rings. The summed E-state index contributed by atoms with van der Waals surface area (Å²) in [5, 5.41) is 3.10. The van der Waals surface area contributed by atoms with Gasteiger partial charge in [-0.1, -0.05) is 30.3 Å². The summed E-state index contributed by atoms with van der Waals surface area (Å²) >= 11 is 0. The van der Waals surface area contributed by atoms with E-state index in [4.69, 9.17) is 0 Å². The van der Waals surface area contributed by atoms with Gasteiger partial charge in [0, 0.05) is 45.1 Å². The molecule has 2 fully saturated rings. The van der Waals surface area contributed by atoms with Crippen LogP contribution < -0.4 is 5.32 Å². The zero-order valence-corrected chi connectivity index (χ0v) is 13.8. The van der Waals surface area contributed by atoms with E-state index in [1.807, 2.05) is 11.0 Å². The molecule has 1 heterocycles. The number of hydrogen-bond acceptors (Lipinski definition) is 3. The highest BCUT2D eigenvalue weighted by Gasteiger charge is 2.44. The van der Waals surface area contributed by atoms with Crippen molar-refractivity contribution in [2.75, 3.05) is 39.3 Å². The lowest BCUT2D eigenvalue weighted by Crippen LogP contribution is -2.51. The van der Waals surface area contributed by atoms with Crippen molar-refractivity contribution >= 4 is 11.8 Å². The lowest BCUT2D eigenvalue weighted by atomic mass is 9.96. The molecule has 0 spiro atoms. The van der Waals surface area contributed by atoms with Crippen LogP contribution in [0.1, 0.15) is 25.3 Å². The fourth-order valence-corrected chi connectivity index (χ4v) is 3.26. The maximum absolute atomic E-state index is 12.2. The molecule has 0 atom stereocenters. The fraction of sp³-hybridized carbons (Fsp3) is 0.556. The lowest BCUT2D eigenvalue weighted by molar-refractivity contribution is -0.131. The van der Waals surface area contributed by atoms with E-state index in [1.165, 1.54) is 5.56 Å². The van der Waals surface area contributed by atoms with Gasteiger partial charge in [-0.15, -0.1) is 0 Å². The summed E-state index contributed by atoms with van der Waals surface area (Å²) in [5.74, 6) is 0.205. The Morgan fingerprint density at radius 2 is 1.74 bits per heavy atom. The molecule has 2 amide bonds. The summed E-state index contributed by atoms with van der Waals surface area (Å²) in [5.41, 5.74) is 1.49. The monoisotopic (exact) mass is 315 g/mol. The Labute approximate surface area is 137 Å². The molecule has 124 valence electrons. The molecule has 23 heavy (non-hydrogen) atoms. The van der Waals surface area contributed by atoms with Gasteiger partial charge in [0.1, 0.15) is 0 Å². The summed E-state index contributed by atoms with van der Waals surface area (Å²) in [6.07, 6.45) is 2.29. The van der Waals surface area contributed by atoms with Crippen molar-refractivity contribution in [1.82, 2.24) is 15.1 Å². The van der Waals surface area contributed by atoms with Gasteiger partial charge >= 0.3 is 0 Å². The average molecular weight is 315 g/mol. The smallest absolute Gasteiger partial charge is 0.234 e. The molecule has 0 aromatic heterocycles. The average Bonchev–Trinajstić information content (AvgIpc) is 3.36. The third-order valence-electron chi connectivity index (χ3n) is 5.05. The van der Waals surface area contributed by atoms with Crippen molar-refractivity contribution in [3.05, 3.63) is 35.9 Å². The van der Waals surface area contributed by atoms with Crippen molar-refractivity contribution < 1.29 is 9.59 Å². The predicted octanol–water partition coefficient (Wildman–Crippen LogP) is 0.999. The standard InChI is InChI=1S/C18H25N3O2/c1-15(22)21-11-9-20(10-12-21)13-17(23)19-14-18(7-8-18)16-5-3-2-4-6-16/h2-6H,7-14H2,1H3,(H,19,23). The molecule has 2 aliphatic rings. The molecular formula is C18H25N3O2. The van der Waals surface area contributed by atoms with E-state index in [2.05, 4.69) is 34.5 Å². The third kappa shape index (κ3) is 3.91. The first-order chi connectivity index (χ1) is 11.1. The summed E-state index contributed by atoms with van der Waals surface area (Å²) in [6, 6.07) is 10.5. The molecule has 0 bridgehead atoms. The van der Waals surface area contributed by atoms with Crippen molar-refractivity contribution in [3.63, 3.8) is 0 Å². The van der Waals surface area contributed by atoms with Crippen LogP contribution in [0.25, 0.3) is 0 Å². The Bertz CT molecular complexity index is 561. The van der Waals surface area contributed by atoms with E-state index < -0.39 is 0 Å². The molecule has 1 saturated heterocycles. The van der Waals surface area contributed by atoms with Crippen LogP contribution in [-0.2, 0) is 15.0 Å². The van der Waals surface area contributed by atoms with Gasteiger partial charge in [-0.3, -0.25) is 14.5 Å². The van der Waals surface area contributed by atoms with E-state index in [1.54, 1.807) is 6.92 Å². The minimum Gasteiger partial charge on any atom is -0.354 e. The number of nitrogens with zero attached hydrogens (tertiary/aromatic N) is 2. The number of rotatable bonds is 5. The van der Waals surface area contributed by atoms with E-state index in [-0.39, 0.29) is 17.2 Å². The highest BCUT2D eigenvalue weighted by molar-refractivity contribution is 5.78. The highest BCUT2D eigenvalue weighted by atomic mass is 16.2. The summed E-state index contributed by atoms with van der Waals surface area (Å²) in [7, 11) is 0. The fourth-order valence-electron chi connectivity index (χ4n) is 3.26. The molecule has 5 nitrogen and oxygen atoms in total. The van der Waals surface area contributed by atoms with E-state index in [0.717, 1.165) is 45.6 Å². The second kappa shape index (κ2) is 6.71. The number of carbonyl (C=O) groups excluding carboxylic acids is 2. The molecule has 1 aromatic carbocycles. The molecule has 1 aliphatic carbocycles. The van der Waals surface area contributed by atoms with Crippen LogP contribution in [0.4, 0.5) is 0 Å². The number of carbonyl (C=O) groups is 2. The normalized spacial score (nSPS) is 20.1. The van der Waals surface area contributed by atoms with Crippen LogP contribution in [0, 0.1) is 0 Å². The summed E-state index contributed by atoms with van der Waals surface area (Å²) in [6.45, 7) is 5.74. The van der Waals surface area contributed by atoms with Gasteiger partial charge in [-0.2, -0.15) is 0 Å². The molecule has 1 saturated carbocycles.